The van der Waals surface area contributed by atoms with Crippen LogP contribution in [0.4, 0.5) is 0 Å². The summed E-state index contributed by atoms with van der Waals surface area (Å²) >= 11 is 1.50. The van der Waals surface area contributed by atoms with Gasteiger partial charge in [-0.25, -0.2) is 0 Å². The van der Waals surface area contributed by atoms with Crippen LogP contribution in [-0.4, -0.2) is 49.8 Å². The summed E-state index contributed by atoms with van der Waals surface area (Å²) in [4.78, 5) is 22.8. The standard InChI is InChI=1S/C22H32O5S/c1-22(27,14-16-9-5-4-6-10-16)15-28-21-17(18(23)13-19(21)24)11-7-2-3-8-12-20(25)26/h4-6,9-10,17,19,21,24,27H,2-3,7-8,11-15H2,1H3,(H,25,26)/t17-,19?,21+,22?/m0/s1. The summed E-state index contributed by atoms with van der Waals surface area (Å²) in [6.07, 6.45) is 4.26. The van der Waals surface area contributed by atoms with Crippen molar-refractivity contribution in [2.24, 2.45) is 5.92 Å². The molecule has 1 aliphatic rings. The fraction of sp³-hybridized carbons (Fsp3) is 0.636. The van der Waals surface area contributed by atoms with Gasteiger partial charge in [0.15, 0.2) is 0 Å². The Hall–Kier alpha value is -1.37. The molecule has 156 valence electrons. The highest BCUT2D eigenvalue weighted by Crippen LogP contribution is 2.38. The summed E-state index contributed by atoms with van der Waals surface area (Å²) in [5, 5.41) is 29.6. The van der Waals surface area contributed by atoms with Crippen LogP contribution >= 0.6 is 11.8 Å². The van der Waals surface area contributed by atoms with Gasteiger partial charge >= 0.3 is 5.97 Å². The number of carboxylic acids is 1. The van der Waals surface area contributed by atoms with E-state index in [2.05, 4.69) is 0 Å². The Labute approximate surface area is 171 Å². The smallest absolute Gasteiger partial charge is 0.303 e. The third-order valence-electron chi connectivity index (χ3n) is 5.27. The molecule has 2 unspecified atom stereocenters. The number of rotatable bonds is 12. The molecule has 1 aromatic rings. The molecule has 0 radical (unpaired) electrons. The van der Waals surface area contributed by atoms with E-state index in [0.717, 1.165) is 31.2 Å². The molecule has 3 N–H and O–H groups in total. The summed E-state index contributed by atoms with van der Waals surface area (Å²) < 4.78 is 0. The van der Waals surface area contributed by atoms with Crippen molar-refractivity contribution in [1.29, 1.82) is 0 Å². The Morgan fingerprint density at radius 1 is 1.18 bits per heavy atom. The average Bonchev–Trinajstić information content (AvgIpc) is 2.89. The van der Waals surface area contributed by atoms with Crippen LogP contribution in [-0.2, 0) is 16.0 Å². The van der Waals surface area contributed by atoms with E-state index in [4.69, 9.17) is 5.11 Å². The van der Waals surface area contributed by atoms with Crippen molar-refractivity contribution in [3.05, 3.63) is 35.9 Å². The third kappa shape index (κ3) is 7.57. The first kappa shape index (κ1) is 22.9. The Bertz CT molecular complexity index is 631. The molecule has 6 heteroatoms. The summed E-state index contributed by atoms with van der Waals surface area (Å²) in [6, 6.07) is 9.81. The summed E-state index contributed by atoms with van der Waals surface area (Å²) in [7, 11) is 0. The largest absolute Gasteiger partial charge is 0.481 e. The van der Waals surface area contributed by atoms with Crippen LogP contribution in [0.5, 0.6) is 0 Å². The van der Waals surface area contributed by atoms with Crippen molar-refractivity contribution in [2.45, 2.75) is 75.2 Å². The highest BCUT2D eigenvalue weighted by Gasteiger charge is 2.42. The predicted molar refractivity (Wildman–Crippen MR) is 111 cm³/mol. The topological polar surface area (TPSA) is 94.8 Å². The number of unbranched alkanes of at least 4 members (excludes halogenated alkanes) is 3. The summed E-state index contributed by atoms with van der Waals surface area (Å²) in [5.74, 6) is -0.371. The maximum atomic E-state index is 12.3. The van der Waals surface area contributed by atoms with Gasteiger partial charge < -0.3 is 15.3 Å². The number of hydrogen-bond acceptors (Lipinski definition) is 5. The van der Waals surface area contributed by atoms with E-state index in [1.165, 1.54) is 11.8 Å². The van der Waals surface area contributed by atoms with E-state index >= 15 is 0 Å². The van der Waals surface area contributed by atoms with Gasteiger partial charge in [0.25, 0.3) is 0 Å². The van der Waals surface area contributed by atoms with E-state index in [-0.39, 0.29) is 29.8 Å². The first-order valence-electron chi connectivity index (χ1n) is 10.1. The van der Waals surface area contributed by atoms with Crippen LogP contribution in [0.25, 0.3) is 0 Å². The Morgan fingerprint density at radius 3 is 2.54 bits per heavy atom. The number of aliphatic carboxylic acids is 1. The first-order chi connectivity index (χ1) is 13.3. The van der Waals surface area contributed by atoms with Crippen LogP contribution in [0, 0.1) is 5.92 Å². The van der Waals surface area contributed by atoms with E-state index in [1.54, 1.807) is 6.92 Å². The summed E-state index contributed by atoms with van der Waals surface area (Å²) in [6.45, 7) is 1.80. The molecular weight excluding hydrogens is 376 g/mol. The van der Waals surface area contributed by atoms with Gasteiger partial charge in [-0.05, 0) is 25.3 Å². The van der Waals surface area contributed by atoms with Gasteiger partial charge in [-0.3, -0.25) is 9.59 Å². The van der Waals surface area contributed by atoms with Crippen LogP contribution in [0.2, 0.25) is 0 Å². The molecule has 0 aliphatic heterocycles. The lowest BCUT2D eigenvalue weighted by Crippen LogP contribution is -2.33. The zero-order valence-electron chi connectivity index (χ0n) is 16.5. The third-order valence-corrected chi connectivity index (χ3v) is 7.09. The number of ketones is 1. The van der Waals surface area contributed by atoms with Gasteiger partial charge in [0, 0.05) is 36.2 Å². The molecule has 1 aromatic carbocycles. The van der Waals surface area contributed by atoms with Crippen molar-refractivity contribution >= 4 is 23.5 Å². The van der Waals surface area contributed by atoms with E-state index in [9.17, 15) is 19.8 Å². The SMILES string of the molecule is CC(O)(CS[C@H]1C(O)CC(=O)[C@@H]1CCCCCCC(=O)O)Cc1ccccc1. The molecule has 0 amide bonds. The highest BCUT2D eigenvalue weighted by atomic mass is 32.2. The predicted octanol–water partition coefficient (Wildman–Crippen LogP) is 3.46. The Morgan fingerprint density at radius 2 is 1.86 bits per heavy atom. The fourth-order valence-corrected chi connectivity index (χ4v) is 5.33. The van der Waals surface area contributed by atoms with Crippen molar-refractivity contribution < 1.29 is 24.9 Å². The minimum Gasteiger partial charge on any atom is -0.481 e. The van der Waals surface area contributed by atoms with Gasteiger partial charge in [0.2, 0.25) is 0 Å². The van der Waals surface area contributed by atoms with Gasteiger partial charge in [-0.1, -0.05) is 49.6 Å². The number of Topliss-reactive ketones (excluding diaryl/α,β-unsaturated/α-hetero) is 1. The molecule has 0 aromatic heterocycles. The van der Waals surface area contributed by atoms with Crippen molar-refractivity contribution in [3.63, 3.8) is 0 Å². The lowest BCUT2D eigenvalue weighted by molar-refractivity contribution is -0.137. The van der Waals surface area contributed by atoms with Crippen LogP contribution in [0.1, 0.15) is 57.4 Å². The fourth-order valence-electron chi connectivity index (χ4n) is 3.83. The van der Waals surface area contributed by atoms with Crippen LogP contribution in [0.15, 0.2) is 30.3 Å². The lowest BCUT2D eigenvalue weighted by Gasteiger charge is -2.27. The zero-order chi connectivity index (χ0) is 20.6. The normalized spacial score (nSPS) is 24.2. The first-order valence-corrected chi connectivity index (χ1v) is 11.1. The average molecular weight is 409 g/mol. The van der Waals surface area contributed by atoms with E-state index in [1.807, 2.05) is 30.3 Å². The zero-order valence-corrected chi connectivity index (χ0v) is 17.4. The maximum Gasteiger partial charge on any atom is 0.303 e. The summed E-state index contributed by atoms with van der Waals surface area (Å²) in [5.41, 5.74) is 0.160. The molecule has 1 saturated carbocycles. The van der Waals surface area contributed by atoms with Crippen LogP contribution < -0.4 is 0 Å². The molecule has 4 atom stereocenters. The van der Waals surface area contributed by atoms with Gasteiger partial charge in [0.1, 0.15) is 5.78 Å². The van der Waals surface area contributed by atoms with Crippen LogP contribution in [0.3, 0.4) is 0 Å². The van der Waals surface area contributed by atoms with Crippen molar-refractivity contribution in [2.75, 3.05) is 5.75 Å². The van der Waals surface area contributed by atoms with Gasteiger partial charge in [-0.2, -0.15) is 11.8 Å². The number of thioether (sulfide) groups is 1. The van der Waals surface area contributed by atoms with E-state index in [0.29, 0.717) is 18.6 Å². The molecule has 0 saturated heterocycles. The minimum absolute atomic E-state index is 0.109. The number of benzene rings is 1. The quantitative estimate of drug-likeness (QED) is 0.459. The monoisotopic (exact) mass is 408 g/mol. The Kier molecular flexibility index (Phi) is 8.99. The number of carbonyl (C=O) groups excluding carboxylic acids is 1. The number of aliphatic hydroxyl groups is 2. The molecule has 5 nitrogen and oxygen atoms in total. The minimum atomic E-state index is -0.904. The second-order valence-corrected chi connectivity index (χ2v) is 9.29. The molecule has 28 heavy (non-hydrogen) atoms. The lowest BCUT2D eigenvalue weighted by atomic mass is 9.97. The Balaban J connectivity index is 1.80. The highest BCUT2D eigenvalue weighted by molar-refractivity contribution is 8.00. The van der Waals surface area contributed by atoms with Crippen molar-refractivity contribution in [3.8, 4) is 0 Å². The second kappa shape index (κ2) is 11.0. The molecule has 1 fully saturated rings. The molecule has 2 rings (SSSR count). The number of carbonyl (C=O) groups is 2. The molecular formula is C22H32O5S. The van der Waals surface area contributed by atoms with E-state index < -0.39 is 17.7 Å². The van der Waals surface area contributed by atoms with Gasteiger partial charge in [0.05, 0.1) is 11.7 Å². The van der Waals surface area contributed by atoms with Crippen molar-refractivity contribution in [1.82, 2.24) is 0 Å². The maximum absolute atomic E-state index is 12.3. The number of aliphatic hydroxyl groups excluding tert-OH is 1. The number of hydrogen-bond donors (Lipinski definition) is 3. The second-order valence-electron chi connectivity index (χ2n) is 8.13. The molecule has 1 aliphatic carbocycles. The molecule has 0 bridgehead atoms. The molecule has 0 heterocycles. The number of carboxylic acid groups (broad SMARTS) is 1. The molecule has 0 spiro atoms. The van der Waals surface area contributed by atoms with Gasteiger partial charge in [-0.15, -0.1) is 0 Å².